The molecule has 1 atom stereocenters. The van der Waals surface area contributed by atoms with E-state index in [-0.39, 0.29) is 54.0 Å². The van der Waals surface area contributed by atoms with Gasteiger partial charge < -0.3 is 20.2 Å². The van der Waals surface area contributed by atoms with Crippen LogP contribution in [0.1, 0.15) is 58.8 Å². The van der Waals surface area contributed by atoms with Gasteiger partial charge in [-0.2, -0.15) is 0 Å². The third-order valence-corrected chi connectivity index (χ3v) is 6.33. The molecule has 0 aliphatic carbocycles. The molecule has 3 N–H and O–H groups in total. The van der Waals surface area contributed by atoms with Gasteiger partial charge in [0.25, 0.3) is 5.91 Å². The number of aryl methyl sites for hydroxylation is 1. The van der Waals surface area contributed by atoms with E-state index in [0.717, 1.165) is 64.0 Å². The molecule has 0 spiro atoms. The van der Waals surface area contributed by atoms with Crippen molar-refractivity contribution in [2.75, 3.05) is 26.2 Å². The van der Waals surface area contributed by atoms with E-state index < -0.39 is 5.63 Å². The minimum absolute atomic E-state index is 0. The van der Waals surface area contributed by atoms with Gasteiger partial charge in [0.15, 0.2) is 0 Å². The lowest BCUT2D eigenvalue weighted by atomic mass is 9.95. The van der Waals surface area contributed by atoms with E-state index in [1.807, 2.05) is 25.1 Å². The van der Waals surface area contributed by atoms with Gasteiger partial charge in [-0.3, -0.25) is 9.69 Å². The van der Waals surface area contributed by atoms with Crippen LogP contribution in [0.2, 0.25) is 0 Å². The van der Waals surface area contributed by atoms with Crippen molar-refractivity contribution in [2.45, 2.75) is 51.1 Å². The predicted molar refractivity (Wildman–Crippen MR) is 133 cm³/mol. The summed E-state index contributed by atoms with van der Waals surface area (Å²) in [5, 5.41) is 16.0. The Hall–Kier alpha value is -2.06. The highest BCUT2D eigenvalue weighted by atomic mass is 35.5. The Balaban J connectivity index is 0.00000193. The predicted octanol–water partition coefficient (Wildman–Crippen LogP) is 3.36. The number of carbonyl (C=O) groups excluding carboxylic acids is 1. The molecule has 3 heterocycles. The summed E-state index contributed by atoms with van der Waals surface area (Å²) in [5.74, 6) is 0.797. The Kier molecular flexibility index (Phi) is 10.2. The van der Waals surface area contributed by atoms with Gasteiger partial charge in [-0.15, -0.1) is 24.8 Å². The number of hydrogen-bond acceptors (Lipinski definition) is 6. The van der Waals surface area contributed by atoms with Gasteiger partial charge >= 0.3 is 5.63 Å². The molecular weight excluding hydrogens is 465 g/mol. The highest BCUT2D eigenvalue weighted by Crippen LogP contribution is 2.24. The second kappa shape index (κ2) is 12.4. The minimum atomic E-state index is -0.542. The number of hydrogen-bond donors (Lipinski definition) is 3. The summed E-state index contributed by atoms with van der Waals surface area (Å²) in [7, 11) is 0. The molecule has 4 rings (SSSR count). The molecule has 1 aromatic carbocycles. The van der Waals surface area contributed by atoms with Crippen LogP contribution in [0.25, 0.3) is 0 Å². The summed E-state index contributed by atoms with van der Waals surface area (Å²) in [6.45, 7) is 6.07. The number of aromatic hydroxyl groups is 1. The smallest absolute Gasteiger partial charge is 0.349 e. The number of benzene rings is 1. The average molecular weight is 498 g/mol. The van der Waals surface area contributed by atoms with Crippen LogP contribution in [0.5, 0.6) is 5.75 Å². The molecule has 1 unspecified atom stereocenters. The number of phenolic OH excluding ortho intramolecular Hbond substituents is 1. The number of amides is 1. The molecule has 2 aliphatic rings. The topological polar surface area (TPSA) is 94.8 Å². The van der Waals surface area contributed by atoms with Crippen LogP contribution in [0.3, 0.4) is 0 Å². The van der Waals surface area contributed by atoms with Gasteiger partial charge in [-0.05, 0) is 68.5 Å². The molecule has 1 aromatic heterocycles. The fraction of sp³-hybridized carbons (Fsp3) is 0.500. The summed E-state index contributed by atoms with van der Waals surface area (Å²) in [6.07, 6.45) is 3.68. The third kappa shape index (κ3) is 6.96. The zero-order valence-corrected chi connectivity index (χ0v) is 20.5. The molecule has 7 nitrogen and oxygen atoms in total. The number of nitrogens with zero attached hydrogens (tertiary/aromatic N) is 1. The minimum Gasteiger partial charge on any atom is -0.508 e. The van der Waals surface area contributed by atoms with E-state index in [4.69, 9.17) is 4.42 Å². The Morgan fingerprint density at radius 3 is 2.61 bits per heavy atom. The number of piperidine rings is 2. The number of phenols is 1. The van der Waals surface area contributed by atoms with Crippen molar-refractivity contribution in [2.24, 2.45) is 0 Å². The normalized spacial score (nSPS) is 19.2. The van der Waals surface area contributed by atoms with Gasteiger partial charge in [0.05, 0.1) is 0 Å². The van der Waals surface area contributed by atoms with E-state index in [9.17, 15) is 14.7 Å². The zero-order valence-electron chi connectivity index (χ0n) is 18.8. The second-order valence-corrected chi connectivity index (χ2v) is 8.73. The Bertz CT molecular complexity index is 984. The summed E-state index contributed by atoms with van der Waals surface area (Å²) < 4.78 is 5.55. The summed E-state index contributed by atoms with van der Waals surface area (Å²) in [6, 6.07) is 9.19. The summed E-state index contributed by atoms with van der Waals surface area (Å²) in [5.41, 5.74) is 1.33. The summed E-state index contributed by atoms with van der Waals surface area (Å²) in [4.78, 5) is 27.7. The molecule has 1 amide bonds. The Morgan fingerprint density at radius 2 is 1.97 bits per heavy atom. The first-order chi connectivity index (χ1) is 15.0. The molecule has 2 aromatic rings. The van der Waals surface area contributed by atoms with Gasteiger partial charge in [-0.25, -0.2) is 4.79 Å². The summed E-state index contributed by atoms with van der Waals surface area (Å²) >= 11 is 0. The molecule has 0 saturated carbocycles. The molecule has 9 heteroatoms. The zero-order chi connectivity index (χ0) is 21.8. The Labute approximate surface area is 206 Å². The van der Waals surface area contributed by atoms with Crippen molar-refractivity contribution in [1.82, 2.24) is 15.5 Å². The van der Waals surface area contributed by atoms with E-state index in [0.29, 0.717) is 11.3 Å². The molecule has 0 bridgehead atoms. The van der Waals surface area contributed by atoms with E-state index >= 15 is 0 Å². The van der Waals surface area contributed by atoms with Gasteiger partial charge in [0.2, 0.25) is 0 Å². The largest absolute Gasteiger partial charge is 0.508 e. The quantitative estimate of drug-likeness (QED) is 0.586. The molecule has 33 heavy (non-hydrogen) atoms. The number of rotatable bonds is 5. The molecule has 182 valence electrons. The van der Waals surface area contributed by atoms with Crippen LogP contribution in [0.4, 0.5) is 0 Å². The number of carbonyl (C=O) groups is 1. The van der Waals surface area contributed by atoms with Gasteiger partial charge in [-0.1, -0.05) is 12.1 Å². The SMILES string of the molecule is Cc1cc(C2CCCNC2)oc(=O)c1C(=O)NC1CCN(Cc2cccc(O)c2)CC1.Cl.Cl. The highest BCUT2D eigenvalue weighted by Gasteiger charge is 2.25. The second-order valence-electron chi connectivity index (χ2n) is 8.73. The Morgan fingerprint density at radius 1 is 1.21 bits per heavy atom. The van der Waals surface area contributed by atoms with Crippen molar-refractivity contribution in [1.29, 1.82) is 0 Å². The molecule has 2 aliphatic heterocycles. The van der Waals surface area contributed by atoms with Crippen molar-refractivity contribution in [3.05, 3.63) is 63.2 Å². The number of nitrogens with one attached hydrogen (secondary N) is 2. The van der Waals surface area contributed by atoms with Crippen molar-refractivity contribution in [3.63, 3.8) is 0 Å². The molecule has 0 radical (unpaired) electrons. The molecule has 2 saturated heterocycles. The van der Waals surface area contributed by atoms with E-state index in [2.05, 4.69) is 15.5 Å². The maximum Gasteiger partial charge on any atom is 0.349 e. The first kappa shape index (κ1) is 27.2. The average Bonchev–Trinajstić information content (AvgIpc) is 2.75. The van der Waals surface area contributed by atoms with E-state index in [1.54, 1.807) is 12.1 Å². The highest BCUT2D eigenvalue weighted by molar-refractivity contribution is 5.95. The van der Waals surface area contributed by atoms with Crippen molar-refractivity contribution in [3.8, 4) is 5.75 Å². The van der Waals surface area contributed by atoms with Crippen LogP contribution >= 0.6 is 24.8 Å². The van der Waals surface area contributed by atoms with Crippen LogP contribution in [-0.2, 0) is 6.54 Å². The van der Waals surface area contributed by atoms with Crippen LogP contribution in [0.15, 0.2) is 39.5 Å². The number of halogens is 2. The monoisotopic (exact) mass is 497 g/mol. The van der Waals surface area contributed by atoms with Crippen molar-refractivity contribution < 1.29 is 14.3 Å². The first-order valence-electron chi connectivity index (χ1n) is 11.2. The lowest BCUT2D eigenvalue weighted by Crippen LogP contribution is -2.45. The lowest BCUT2D eigenvalue weighted by Gasteiger charge is -2.32. The van der Waals surface area contributed by atoms with Crippen LogP contribution < -0.4 is 16.3 Å². The van der Waals surface area contributed by atoms with Crippen LogP contribution in [0, 0.1) is 6.92 Å². The first-order valence-corrected chi connectivity index (χ1v) is 11.2. The van der Waals surface area contributed by atoms with Crippen LogP contribution in [-0.4, -0.2) is 48.1 Å². The maximum atomic E-state index is 12.8. The maximum absolute atomic E-state index is 12.8. The van der Waals surface area contributed by atoms with Crippen molar-refractivity contribution >= 4 is 30.7 Å². The molecule has 2 fully saturated rings. The fourth-order valence-corrected chi connectivity index (χ4v) is 4.61. The van der Waals surface area contributed by atoms with Gasteiger partial charge in [0.1, 0.15) is 17.1 Å². The third-order valence-electron chi connectivity index (χ3n) is 6.33. The number of likely N-dealkylation sites (tertiary alicyclic amines) is 1. The lowest BCUT2D eigenvalue weighted by molar-refractivity contribution is 0.0903. The standard InChI is InChI=1S/C24H31N3O4.2ClH/c1-16-12-21(18-5-3-9-25-14-18)31-24(30)22(16)23(29)26-19-7-10-27(11-8-19)15-17-4-2-6-20(28)13-17;;/h2,4,6,12-13,18-19,25,28H,3,5,7-11,14-15H2,1H3,(H,26,29);2*1H. The van der Waals surface area contributed by atoms with E-state index in [1.165, 1.54) is 0 Å². The fourth-order valence-electron chi connectivity index (χ4n) is 4.61. The molecular formula is C24H33Cl2N3O4. The van der Waals surface area contributed by atoms with Gasteiger partial charge in [0, 0.05) is 38.1 Å².